The largest absolute Gasteiger partial charge is 0.598 e. The molecule has 2 fully saturated rings. The summed E-state index contributed by atoms with van der Waals surface area (Å²) in [5.41, 5.74) is 1.25. The van der Waals surface area contributed by atoms with Crippen LogP contribution in [-0.2, 0) is 11.4 Å². The molecule has 1 saturated carbocycles. The van der Waals surface area contributed by atoms with Crippen molar-refractivity contribution in [1.82, 2.24) is 19.1 Å². The average Bonchev–Trinajstić information content (AvgIpc) is 3.25. The summed E-state index contributed by atoms with van der Waals surface area (Å²) in [4.78, 5) is 11.5. The fourth-order valence-corrected chi connectivity index (χ4v) is 6.01. The third-order valence-corrected chi connectivity index (χ3v) is 8.49. The summed E-state index contributed by atoms with van der Waals surface area (Å²) in [6.45, 7) is 8.10. The predicted molar refractivity (Wildman–Crippen MR) is 118 cm³/mol. The molecule has 3 heterocycles. The molecule has 2 atom stereocenters. The molecule has 2 aromatic rings. The smallest absolute Gasteiger partial charge is 0.211 e. The van der Waals surface area contributed by atoms with E-state index in [0.717, 1.165) is 47.5 Å². The van der Waals surface area contributed by atoms with Crippen LogP contribution < -0.4 is 9.62 Å². The number of rotatable bonds is 3. The Morgan fingerprint density at radius 2 is 2.00 bits per heavy atom. The number of halogens is 1. The van der Waals surface area contributed by atoms with Crippen molar-refractivity contribution >= 4 is 45.5 Å². The minimum Gasteiger partial charge on any atom is -0.598 e. The molecule has 0 bridgehead atoms. The van der Waals surface area contributed by atoms with E-state index in [1.54, 1.807) is 0 Å². The zero-order valence-corrected chi connectivity index (χ0v) is 19.2. The van der Waals surface area contributed by atoms with Crippen molar-refractivity contribution in [3.63, 3.8) is 0 Å². The van der Waals surface area contributed by atoms with Gasteiger partial charge in [0.05, 0.1) is 9.61 Å². The van der Waals surface area contributed by atoms with Gasteiger partial charge in [0.1, 0.15) is 4.75 Å². The van der Waals surface area contributed by atoms with Crippen molar-refractivity contribution in [3.8, 4) is 0 Å². The maximum Gasteiger partial charge on any atom is 0.211 e. The number of hydrogen-bond acceptors (Lipinski definition) is 5. The Kier molecular flexibility index (Phi) is 5.37. The summed E-state index contributed by atoms with van der Waals surface area (Å²) >= 11 is 1.28. The number of imidazole rings is 1. The van der Waals surface area contributed by atoms with Crippen LogP contribution in [0.25, 0.3) is 5.65 Å². The molecule has 27 heavy (non-hydrogen) atoms. The first-order valence-corrected chi connectivity index (χ1v) is 11.9. The first kappa shape index (κ1) is 19.7. The van der Waals surface area contributed by atoms with E-state index in [-0.39, 0.29) is 10.2 Å². The van der Waals surface area contributed by atoms with E-state index in [2.05, 4.69) is 41.6 Å². The maximum absolute atomic E-state index is 12.6. The second kappa shape index (κ2) is 7.35. The molecule has 2 aliphatic rings. The number of piperidine rings is 1. The lowest BCUT2D eigenvalue weighted by Crippen LogP contribution is -2.53. The van der Waals surface area contributed by atoms with Gasteiger partial charge in [-0.1, -0.05) is 6.42 Å². The molecule has 148 valence electrons. The summed E-state index contributed by atoms with van der Waals surface area (Å²) in [5.74, 6) is 0.985. The zero-order chi connectivity index (χ0) is 19.2. The fraction of sp³-hybridized carbons (Fsp3) is 0.684. The van der Waals surface area contributed by atoms with Crippen molar-refractivity contribution in [2.24, 2.45) is 5.41 Å². The van der Waals surface area contributed by atoms with E-state index in [1.807, 2.05) is 39.4 Å². The molecule has 1 saturated heterocycles. The Bertz CT molecular complexity index is 812. The van der Waals surface area contributed by atoms with Gasteiger partial charge in [-0.2, -0.15) is 0 Å². The third-order valence-electron chi connectivity index (χ3n) is 6.12. The van der Waals surface area contributed by atoms with Gasteiger partial charge in [-0.3, -0.25) is 4.40 Å². The molecular weight excluding hydrogens is 473 g/mol. The molecule has 0 aromatic carbocycles. The highest BCUT2D eigenvalue weighted by Gasteiger charge is 2.48. The van der Waals surface area contributed by atoms with E-state index in [0.29, 0.717) is 6.04 Å². The van der Waals surface area contributed by atoms with Gasteiger partial charge in [-0.25, -0.2) is 9.97 Å². The first-order valence-electron chi connectivity index (χ1n) is 9.71. The molecule has 0 amide bonds. The van der Waals surface area contributed by atoms with E-state index in [4.69, 9.17) is 4.98 Å². The Morgan fingerprint density at radius 1 is 1.26 bits per heavy atom. The van der Waals surface area contributed by atoms with E-state index < -0.39 is 11.4 Å². The molecule has 0 radical (unpaired) electrons. The van der Waals surface area contributed by atoms with Gasteiger partial charge in [0.2, 0.25) is 5.95 Å². The Labute approximate surface area is 178 Å². The third kappa shape index (κ3) is 3.70. The lowest BCUT2D eigenvalue weighted by atomic mass is 9.74. The van der Waals surface area contributed by atoms with Crippen LogP contribution in [0.2, 0.25) is 0 Å². The summed E-state index contributed by atoms with van der Waals surface area (Å²) in [6, 6.07) is 0.359. The van der Waals surface area contributed by atoms with Crippen LogP contribution in [0.1, 0.15) is 52.9 Å². The van der Waals surface area contributed by atoms with Crippen LogP contribution in [0.5, 0.6) is 0 Å². The second-order valence-electron chi connectivity index (χ2n) is 8.82. The lowest BCUT2D eigenvalue weighted by molar-refractivity contribution is 0.186. The van der Waals surface area contributed by atoms with Crippen molar-refractivity contribution < 1.29 is 4.55 Å². The fourth-order valence-electron chi connectivity index (χ4n) is 4.49. The zero-order valence-electron chi connectivity index (χ0n) is 16.2. The Morgan fingerprint density at radius 3 is 2.70 bits per heavy atom. The highest BCUT2D eigenvalue weighted by atomic mass is 127. The van der Waals surface area contributed by atoms with Crippen LogP contribution >= 0.6 is 22.6 Å². The second-order valence-corrected chi connectivity index (χ2v) is 12.0. The standard InChI is InChI=1S/C19H28IN5OS/c1-18(2,3)27(26)23-15-5-4-6-19(15)7-10-24(11-8-19)17-22-13-14(20)16-21-9-12-25(16)17/h9,12-13,15,23H,4-8,10-11H2,1-3H3/t15-,27-/m1/s1. The van der Waals surface area contributed by atoms with Gasteiger partial charge in [0, 0.05) is 43.0 Å². The molecule has 6 nitrogen and oxygen atoms in total. The molecule has 2 aromatic heterocycles. The normalized spacial score (nSPS) is 24.0. The Balaban J connectivity index is 1.49. The number of nitrogens with one attached hydrogen (secondary N) is 1. The lowest BCUT2D eigenvalue weighted by Gasteiger charge is -2.44. The average molecular weight is 501 g/mol. The van der Waals surface area contributed by atoms with Gasteiger partial charge in [0.15, 0.2) is 5.65 Å². The molecule has 8 heteroatoms. The van der Waals surface area contributed by atoms with Crippen molar-refractivity contribution in [1.29, 1.82) is 0 Å². The number of nitrogens with zero attached hydrogens (tertiary/aromatic N) is 4. The van der Waals surface area contributed by atoms with Crippen LogP contribution in [-0.4, -0.2) is 42.8 Å². The molecule has 1 aliphatic heterocycles. The minimum atomic E-state index is -1.00. The highest BCUT2D eigenvalue weighted by molar-refractivity contribution is 14.1. The number of hydrogen-bond donors (Lipinski definition) is 1. The first-order chi connectivity index (χ1) is 12.8. The summed E-state index contributed by atoms with van der Waals surface area (Å²) in [5, 5.41) is 0. The summed E-state index contributed by atoms with van der Waals surface area (Å²) < 4.78 is 19.1. The predicted octanol–water partition coefficient (Wildman–Crippen LogP) is 3.52. The quantitative estimate of drug-likeness (QED) is 0.515. The summed E-state index contributed by atoms with van der Waals surface area (Å²) in [7, 11) is 0. The van der Waals surface area contributed by atoms with Gasteiger partial charge >= 0.3 is 0 Å². The molecule has 1 N–H and O–H groups in total. The minimum absolute atomic E-state index is 0.220. The molecule has 0 unspecified atom stereocenters. The molecular formula is C19H28IN5OS. The highest BCUT2D eigenvalue weighted by Crippen LogP contribution is 2.47. The van der Waals surface area contributed by atoms with Crippen molar-refractivity contribution in [2.45, 2.75) is 63.7 Å². The van der Waals surface area contributed by atoms with E-state index >= 15 is 0 Å². The monoisotopic (exact) mass is 501 g/mol. The van der Waals surface area contributed by atoms with Gasteiger partial charge in [-0.05, 0) is 74.5 Å². The maximum atomic E-state index is 12.6. The van der Waals surface area contributed by atoms with Crippen LogP contribution in [0.15, 0.2) is 18.6 Å². The number of anilines is 1. The van der Waals surface area contributed by atoms with Gasteiger partial charge in [0.25, 0.3) is 0 Å². The van der Waals surface area contributed by atoms with Crippen molar-refractivity contribution in [2.75, 3.05) is 18.0 Å². The van der Waals surface area contributed by atoms with Crippen LogP contribution in [0.4, 0.5) is 5.95 Å². The van der Waals surface area contributed by atoms with E-state index in [9.17, 15) is 4.55 Å². The summed E-state index contributed by atoms with van der Waals surface area (Å²) in [6.07, 6.45) is 11.6. The molecule has 1 aliphatic carbocycles. The SMILES string of the molecule is CC(C)(C)[S@@+]([O-])N[C@@H]1CCCC12CCN(c1ncc(I)c3nccn13)CC2. The van der Waals surface area contributed by atoms with Crippen LogP contribution in [0.3, 0.4) is 0 Å². The van der Waals surface area contributed by atoms with Crippen LogP contribution in [0, 0.1) is 8.99 Å². The topological polar surface area (TPSA) is 68.5 Å². The van der Waals surface area contributed by atoms with Gasteiger partial charge < -0.3 is 9.45 Å². The van der Waals surface area contributed by atoms with Crippen molar-refractivity contribution in [3.05, 3.63) is 22.2 Å². The van der Waals surface area contributed by atoms with E-state index in [1.165, 1.54) is 12.8 Å². The number of fused-ring (bicyclic) bond motifs is 1. The van der Waals surface area contributed by atoms with Gasteiger partial charge in [-0.15, -0.1) is 4.72 Å². The molecule has 1 spiro atoms. The molecule has 4 rings (SSSR count). The Hall–Kier alpha value is -0.580. The number of aromatic nitrogens is 3.